The zero-order valence-corrected chi connectivity index (χ0v) is 11.2. The Morgan fingerprint density at radius 1 is 1.21 bits per heavy atom. The second-order valence-corrected chi connectivity index (χ2v) is 4.15. The van der Waals surface area contributed by atoms with E-state index in [9.17, 15) is 0 Å². The maximum Gasteiger partial charge on any atom is 0.212 e. The van der Waals surface area contributed by atoms with Crippen LogP contribution in [0.1, 0.15) is 24.2 Å². The third-order valence-corrected chi connectivity index (χ3v) is 2.84. The largest absolute Gasteiger partial charge is 0.481 e. The zero-order chi connectivity index (χ0) is 13.5. The van der Waals surface area contributed by atoms with Crippen molar-refractivity contribution in [1.82, 2.24) is 20.3 Å². The molecule has 0 radical (unpaired) electrons. The fraction of sp³-hybridized carbons (Fsp3) is 0.357. The monoisotopic (exact) mass is 258 g/mol. The molecule has 0 saturated heterocycles. The Morgan fingerprint density at radius 2 is 2.11 bits per heavy atom. The lowest BCUT2D eigenvalue weighted by Gasteiger charge is -2.16. The molecule has 5 heteroatoms. The summed E-state index contributed by atoms with van der Waals surface area (Å²) in [4.78, 5) is 12.7. The van der Waals surface area contributed by atoms with E-state index in [2.05, 4.69) is 27.2 Å². The summed E-state index contributed by atoms with van der Waals surface area (Å²) in [7, 11) is 1.61. The van der Waals surface area contributed by atoms with Crippen LogP contribution in [0.3, 0.4) is 0 Å². The lowest BCUT2D eigenvalue weighted by Crippen LogP contribution is -2.24. The van der Waals surface area contributed by atoms with Crippen LogP contribution < -0.4 is 10.1 Å². The molecule has 1 N–H and O–H groups in total. The van der Waals surface area contributed by atoms with E-state index < -0.39 is 0 Å². The van der Waals surface area contributed by atoms with Crippen LogP contribution >= 0.6 is 0 Å². The van der Waals surface area contributed by atoms with Crippen LogP contribution in [-0.2, 0) is 6.42 Å². The van der Waals surface area contributed by atoms with Crippen molar-refractivity contribution in [2.75, 3.05) is 13.7 Å². The van der Waals surface area contributed by atoms with Crippen molar-refractivity contribution in [3.05, 3.63) is 48.2 Å². The van der Waals surface area contributed by atoms with Crippen LogP contribution in [0, 0.1) is 0 Å². The molecule has 1 atom stereocenters. The van der Waals surface area contributed by atoms with Crippen LogP contribution in [0.25, 0.3) is 0 Å². The van der Waals surface area contributed by atoms with Gasteiger partial charge < -0.3 is 10.1 Å². The molecule has 0 spiro atoms. The van der Waals surface area contributed by atoms with Crippen molar-refractivity contribution < 1.29 is 4.74 Å². The Kier molecular flexibility index (Phi) is 4.80. The van der Waals surface area contributed by atoms with Crippen LogP contribution in [-0.4, -0.2) is 28.6 Å². The average molecular weight is 258 g/mol. The van der Waals surface area contributed by atoms with Gasteiger partial charge in [-0.15, -0.1) is 0 Å². The van der Waals surface area contributed by atoms with Gasteiger partial charge in [0.05, 0.1) is 18.8 Å². The molecular formula is C14H18N4O. The molecule has 2 aromatic rings. The fourth-order valence-corrected chi connectivity index (χ4v) is 1.91. The second-order valence-electron chi connectivity index (χ2n) is 4.15. The Labute approximate surface area is 113 Å². The number of nitrogens with zero attached hydrogens (tertiary/aromatic N) is 3. The van der Waals surface area contributed by atoms with E-state index in [1.165, 1.54) is 0 Å². The average Bonchev–Trinajstić information content (AvgIpc) is 2.48. The summed E-state index contributed by atoms with van der Waals surface area (Å²) in [6.07, 6.45) is 7.85. The molecule has 5 nitrogen and oxygen atoms in total. The minimum absolute atomic E-state index is 0.147. The molecule has 0 aliphatic heterocycles. The molecule has 0 amide bonds. The van der Waals surface area contributed by atoms with E-state index in [1.54, 1.807) is 25.7 Å². The van der Waals surface area contributed by atoms with Crippen molar-refractivity contribution in [3.63, 3.8) is 0 Å². The molecule has 0 fully saturated rings. The van der Waals surface area contributed by atoms with E-state index in [0.29, 0.717) is 5.88 Å². The highest BCUT2D eigenvalue weighted by Crippen LogP contribution is 2.16. The number of rotatable bonds is 6. The molecule has 2 rings (SSSR count). The minimum atomic E-state index is 0.147. The number of aromatic nitrogens is 3. The lowest BCUT2D eigenvalue weighted by molar-refractivity contribution is 0.397. The highest BCUT2D eigenvalue weighted by atomic mass is 16.5. The number of likely N-dealkylation sites (N-methyl/N-ethyl adjacent to an activating group) is 1. The van der Waals surface area contributed by atoms with Crippen LogP contribution in [0.15, 0.2) is 36.9 Å². The summed E-state index contributed by atoms with van der Waals surface area (Å²) >= 11 is 0. The van der Waals surface area contributed by atoms with E-state index >= 15 is 0 Å². The molecule has 0 saturated carbocycles. The third kappa shape index (κ3) is 3.72. The standard InChI is InChI=1S/C14H18N4O/c1-3-16-12(13-10-15-6-7-17-13)8-11-4-5-14(19-2)18-9-11/h4-7,9-10,12,16H,3,8H2,1-2H3. The van der Waals surface area contributed by atoms with Crippen LogP contribution in [0.2, 0.25) is 0 Å². The third-order valence-electron chi connectivity index (χ3n) is 2.84. The highest BCUT2D eigenvalue weighted by molar-refractivity contribution is 5.20. The first-order valence-corrected chi connectivity index (χ1v) is 6.31. The molecule has 2 heterocycles. The van der Waals surface area contributed by atoms with E-state index in [1.807, 2.05) is 18.3 Å². The predicted octanol–water partition coefficient (Wildman–Crippen LogP) is 1.77. The van der Waals surface area contributed by atoms with Gasteiger partial charge in [0.2, 0.25) is 5.88 Å². The Hall–Kier alpha value is -2.01. The smallest absolute Gasteiger partial charge is 0.212 e. The zero-order valence-electron chi connectivity index (χ0n) is 11.2. The number of pyridine rings is 1. The normalized spacial score (nSPS) is 12.1. The quantitative estimate of drug-likeness (QED) is 0.855. The van der Waals surface area contributed by atoms with Gasteiger partial charge in [0.1, 0.15) is 0 Å². The maximum atomic E-state index is 5.06. The topological polar surface area (TPSA) is 59.9 Å². The molecule has 1 unspecified atom stereocenters. The summed E-state index contributed by atoms with van der Waals surface area (Å²) in [6.45, 7) is 2.96. The van der Waals surface area contributed by atoms with Gasteiger partial charge in [-0.1, -0.05) is 13.0 Å². The van der Waals surface area contributed by atoms with E-state index in [0.717, 1.165) is 24.2 Å². The summed E-state index contributed by atoms with van der Waals surface area (Å²) in [5, 5.41) is 3.41. The Balaban J connectivity index is 2.11. The van der Waals surface area contributed by atoms with E-state index in [4.69, 9.17) is 4.74 Å². The first-order chi connectivity index (χ1) is 9.33. The molecule has 0 aromatic carbocycles. The summed E-state index contributed by atoms with van der Waals surface area (Å²) < 4.78 is 5.06. The lowest BCUT2D eigenvalue weighted by atomic mass is 10.1. The van der Waals surface area contributed by atoms with Crippen molar-refractivity contribution in [2.24, 2.45) is 0 Å². The fourth-order valence-electron chi connectivity index (χ4n) is 1.91. The van der Waals surface area contributed by atoms with Crippen LogP contribution in [0.5, 0.6) is 5.88 Å². The second kappa shape index (κ2) is 6.80. The molecule has 100 valence electrons. The number of methoxy groups -OCH3 is 1. The van der Waals surface area contributed by atoms with Gasteiger partial charge in [-0.2, -0.15) is 0 Å². The van der Waals surface area contributed by atoms with Gasteiger partial charge in [0.15, 0.2) is 0 Å². The van der Waals surface area contributed by atoms with Gasteiger partial charge in [-0.25, -0.2) is 4.98 Å². The molecule has 0 aliphatic rings. The minimum Gasteiger partial charge on any atom is -0.481 e. The Bertz CT molecular complexity index is 487. The first-order valence-electron chi connectivity index (χ1n) is 6.31. The molecular weight excluding hydrogens is 240 g/mol. The maximum absolute atomic E-state index is 5.06. The number of hydrogen-bond donors (Lipinski definition) is 1. The Morgan fingerprint density at radius 3 is 2.68 bits per heavy atom. The van der Waals surface area contributed by atoms with Crippen molar-refractivity contribution in [2.45, 2.75) is 19.4 Å². The molecule has 19 heavy (non-hydrogen) atoms. The summed E-state index contributed by atoms with van der Waals surface area (Å²) in [6, 6.07) is 4.04. The van der Waals surface area contributed by atoms with Crippen molar-refractivity contribution in [3.8, 4) is 5.88 Å². The molecule has 0 bridgehead atoms. The predicted molar refractivity (Wildman–Crippen MR) is 72.9 cm³/mol. The number of nitrogens with one attached hydrogen (secondary N) is 1. The van der Waals surface area contributed by atoms with Crippen molar-refractivity contribution >= 4 is 0 Å². The summed E-state index contributed by atoms with van der Waals surface area (Å²) in [5.41, 5.74) is 2.08. The number of hydrogen-bond acceptors (Lipinski definition) is 5. The highest BCUT2D eigenvalue weighted by Gasteiger charge is 2.12. The van der Waals surface area contributed by atoms with Gasteiger partial charge in [-0.3, -0.25) is 9.97 Å². The molecule has 2 aromatic heterocycles. The van der Waals surface area contributed by atoms with Gasteiger partial charge >= 0.3 is 0 Å². The van der Waals surface area contributed by atoms with Crippen molar-refractivity contribution in [1.29, 1.82) is 0 Å². The van der Waals surface area contributed by atoms with Gasteiger partial charge in [-0.05, 0) is 18.5 Å². The first kappa shape index (κ1) is 13.4. The SMILES string of the molecule is CCNC(Cc1ccc(OC)nc1)c1cnccn1. The van der Waals surface area contributed by atoms with Crippen LogP contribution in [0.4, 0.5) is 0 Å². The molecule has 0 aliphatic carbocycles. The van der Waals surface area contributed by atoms with E-state index in [-0.39, 0.29) is 6.04 Å². The summed E-state index contributed by atoms with van der Waals surface area (Å²) in [5.74, 6) is 0.628. The number of ether oxygens (including phenoxy) is 1. The van der Waals surface area contributed by atoms with Gasteiger partial charge in [0.25, 0.3) is 0 Å². The van der Waals surface area contributed by atoms with Gasteiger partial charge in [0, 0.05) is 30.9 Å².